The highest BCUT2D eigenvalue weighted by molar-refractivity contribution is 5.63. The van der Waals surface area contributed by atoms with Gasteiger partial charge in [-0.15, -0.1) is 0 Å². The van der Waals surface area contributed by atoms with Crippen molar-refractivity contribution in [3.05, 3.63) is 29.3 Å². The third kappa shape index (κ3) is 1.75. The fourth-order valence-electron chi connectivity index (χ4n) is 3.60. The molecule has 1 saturated heterocycles. The van der Waals surface area contributed by atoms with E-state index >= 15 is 0 Å². The summed E-state index contributed by atoms with van der Waals surface area (Å²) in [5, 5.41) is 3.56. The smallest absolute Gasteiger partial charge is 0.0432 e. The van der Waals surface area contributed by atoms with Crippen LogP contribution in [0.4, 0.5) is 5.69 Å². The zero-order chi connectivity index (χ0) is 11.8. The molecule has 2 aliphatic rings. The molecule has 3 rings (SSSR count). The van der Waals surface area contributed by atoms with Crippen LogP contribution in [0, 0.1) is 5.92 Å². The molecular weight excluding hydrogens is 208 g/mol. The SMILES string of the molecule is CCc1cccc2c1N(C)CC1CCNCC21. The number of aryl methyl sites for hydroxylation is 1. The van der Waals surface area contributed by atoms with Crippen molar-refractivity contribution in [2.45, 2.75) is 25.7 Å². The highest BCUT2D eigenvalue weighted by Crippen LogP contribution is 2.42. The number of nitrogens with zero attached hydrogens (tertiary/aromatic N) is 1. The lowest BCUT2D eigenvalue weighted by Gasteiger charge is -2.43. The average Bonchev–Trinajstić information content (AvgIpc) is 2.38. The Bertz CT molecular complexity index is 413. The van der Waals surface area contributed by atoms with Gasteiger partial charge < -0.3 is 10.2 Å². The number of hydrogen-bond acceptors (Lipinski definition) is 2. The Morgan fingerprint density at radius 3 is 3.12 bits per heavy atom. The Kier molecular flexibility index (Phi) is 2.83. The fraction of sp³-hybridized carbons (Fsp3) is 0.600. The zero-order valence-corrected chi connectivity index (χ0v) is 10.9. The summed E-state index contributed by atoms with van der Waals surface area (Å²) in [5.74, 6) is 1.59. The van der Waals surface area contributed by atoms with Gasteiger partial charge in [0.25, 0.3) is 0 Å². The van der Waals surface area contributed by atoms with E-state index in [1.165, 1.54) is 37.3 Å². The van der Waals surface area contributed by atoms with Gasteiger partial charge in [0.2, 0.25) is 0 Å². The van der Waals surface area contributed by atoms with Crippen LogP contribution in [0.5, 0.6) is 0 Å². The quantitative estimate of drug-likeness (QED) is 0.797. The van der Waals surface area contributed by atoms with Crippen LogP contribution in [-0.2, 0) is 6.42 Å². The standard InChI is InChI=1S/C15H22N2/c1-3-11-5-4-6-13-14-9-16-8-7-12(14)10-17(2)15(11)13/h4-6,12,14,16H,3,7-10H2,1-2H3. The topological polar surface area (TPSA) is 15.3 Å². The third-order valence-corrected chi connectivity index (χ3v) is 4.45. The van der Waals surface area contributed by atoms with Crippen LogP contribution in [-0.4, -0.2) is 26.7 Å². The molecular formula is C15H22N2. The minimum atomic E-state index is 0.737. The van der Waals surface area contributed by atoms with Crippen molar-refractivity contribution in [1.82, 2.24) is 5.32 Å². The normalized spacial score (nSPS) is 27.5. The van der Waals surface area contributed by atoms with Crippen molar-refractivity contribution in [1.29, 1.82) is 0 Å². The molecule has 1 fully saturated rings. The van der Waals surface area contributed by atoms with E-state index in [-0.39, 0.29) is 0 Å². The number of fused-ring (bicyclic) bond motifs is 3. The molecule has 1 N–H and O–H groups in total. The average molecular weight is 230 g/mol. The van der Waals surface area contributed by atoms with Crippen LogP contribution in [0.1, 0.15) is 30.4 Å². The summed E-state index contributed by atoms with van der Waals surface area (Å²) in [7, 11) is 2.26. The molecule has 0 aromatic heterocycles. The molecule has 2 heteroatoms. The van der Waals surface area contributed by atoms with E-state index in [0.717, 1.165) is 18.3 Å². The first-order chi connectivity index (χ1) is 8.31. The molecule has 0 amide bonds. The van der Waals surface area contributed by atoms with Crippen LogP contribution in [0.25, 0.3) is 0 Å². The van der Waals surface area contributed by atoms with Gasteiger partial charge in [-0.05, 0) is 36.4 Å². The summed E-state index contributed by atoms with van der Waals surface area (Å²) in [5.41, 5.74) is 4.60. The molecule has 0 radical (unpaired) electrons. The predicted molar refractivity (Wildman–Crippen MR) is 72.8 cm³/mol. The molecule has 1 aromatic rings. The van der Waals surface area contributed by atoms with Crippen molar-refractivity contribution in [3.63, 3.8) is 0 Å². The number of para-hydroxylation sites is 1. The fourth-order valence-corrected chi connectivity index (χ4v) is 3.60. The van der Waals surface area contributed by atoms with Gasteiger partial charge in [-0.1, -0.05) is 25.1 Å². The monoisotopic (exact) mass is 230 g/mol. The number of rotatable bonds is 1. The number of piperidine rings is 1. The number of anilines is 1. The largest absolute Gasteiger partial charge is 0.374 e. The van der Waals surface area contributed by atoms with E-state index in [0.29, 0.717) is 0 Å². The molecule has 0 spiro atoms. The summed E-state index contributed by atoms with van der Waals surface area (Å²) in [6.07, 6.45) is 2.46. The van der Waals surface area contributed by atoms with Crippen molar-refractivity contribution < 1.29 is 0 Å². The molecule has 0 bridgehead atoms. The maximum absolute atomic E-state index is 3.56. The van der Waals surface area contributed by atoms with Gasteiger partial charge in [-0.2, -0.15) is 0 Å². The van der Waals surface area contributed by atoms with E-state index in [2.05, 4.69) is 42.4 Å². The van der Waals surface area contributed by atoms with Crippen LogP contribution in [0.15, 0.2) is 18.2 Å². The molecule has 2 aliphatic heterocycles. The predicted octanol–water partition coefficient (Wildman–Crippen LogP) is 2.39. The Labute approximate surface area is 104 Å². The lowest BCUT2D eigenvalue weighted by molar-refractivity contribution is 0.316. The Morgan fingerprint density at radius 1 is 1.41 bits per heavy atom. The number of benzene rings is 1. The summed E-state index contributed by atoms with van der Waals surface area (Å²) >= 11 is 0. The lowest BCUT2D eigenvalue weighted by atomic mass is 9.76. The molecule has 1 aromatic carbocycles. The second-order valence-electron chi connectivity index (χ2n) is 5.45. The molecule has 0 aliphatic carbocycles. The molecule has 2 unspecified atom stereocenters. The zero-order valence-electron chi connectivity index (χ0n) is 10.9. The summed E-state index contributed by atoms with van der Waals surface area (Å²) in [6.45, 7) is 5.85. The Hall–Kier alpha value is -1.02. The number of nitrogens with one attached hydrogen (secondary N) is 1. The van der Waals surface area contributed by atoms with Crippen LogP contribution in [0.2, 0.25) is 0 Å². The van der Waals surface area contributed by atoms with Gasteiger partial charge in [-0.25, -0.2) is 0 Å². The highest BCUT2D eigenvalue weighted by atomic mass is 15.1. The Morgan fingerprint density at radius 2 is 2.29 bits per heavy atom. The van der Waals surface area contributed by atoms with Crippen molar-refractivity contribution in [2.24, 2.45) is 5.92 Å². The van der Waals surface area contributed by atoms with E-state index < -0.39 is 0 Å². The lowest BCUT2D eigenvalue weighted by Crippen LogP contribution is -2.44. The minimum Gasteiger partial charge on any atom is -0.374 e. The number of hydrogen-bond donors (Lipinski definition) is 1. The molecule has 2 atom stereocenters. The maximum Gasteiger partial charge on any atom is 0.0432 e. The molecule has 2 heterocycles. The summed E-state index contributed by atoms with van der Waals surface area (Å²) in [4.78, 5) is 2.49. The second-order valence-corrected chi connectivity index (χ2v) is 5.45. The van der Waals surface area contributed by atoms with Crippen molar-refractivity contribution in [2.75, 3.05) is 31.6 Å². The first-order valence-electron chi connectivity index (χ1n) is 6.85. The van der Waals surface area contributed by atoms with Gasteiger partial charge in [0.1, 0.15) is 0 Å². The highest BCUT2D eigenvalue weighted by Gasteiger charge is 2.34. The molecule has 0 saturated carbocycles. The first-order valence-corrected chi connectivity index (χ1v) is 6.85. The van der Waals surface area contributed by atoms with Gasteiger partial charge >= 0.3 is 0 Å². The molecule has 2 nitrogen and oxygen atoms in total. The van der Waals surface area contributed by atoms with E-state index in [9.17, 15) is 0 Å². The summed E-state index contributed by atoms with van der Waals surface area (Å²) < 4.78 is 0. The minimum absolute atomic E-state index is 0.737. The molecule has 92 valence electrons. The van der Waals surface area contributed by atoms with Gasteiger partial charge in [0.05, 0.1) is 0 Å². The third-order valence-electron chi connectivity index (χ3n) is 4.45. The Balaban J connectivity index is 2.07. The van der Waals surface area contributed by atoms with Gasteiger partial charge in [-0.3, -0.25) is 0 Å². The van der Waals surface area contributed by atoms with Crippen LogP contribution in [0.3, 0.4) is 0 Å². The van der Waals surface area contributed by atoms with Gasteiger partial charge in [0, 0.05) is 31.7 Å². The van der Waals surface area contributed by atoms with E-state index in [4.69, 9.17) is 0 Å². The maximum atomic E-state index is 3.56. The second kappa shape index (κ2) is 4.34. The summed E-state index contributed by atoms with van der Waals surface area (Å²) in [6, 6.07) is 6.86. The van der Waals surface area contributed by atoms with Crippen LogP contribution < -0.4 is 10.2 Å². The van der Waals surface area contributed by atoms with Crippen molar-refractivity contribution in [3.8, 4) is 0 Å². The first kappa shape index (κ1) is 11.1. The van der Waals surface area contributed by atoms with E-state index in [1.54, 1.807) is 5.56 Å². The van der Waals surface area contributed by atoms with Crippen LogP contribution >= 0.6 is 0 Å². The molecule has 17 heavy (non-hydrogen) atoms. The van der Waals surface area contributed by atoms with Crippen molar-refractivity contribution >= 4 is 5.69 Å². The van der Waals surface area contributed by atoms with E-state index in [1.807, 2.05) is 0 Å². The van der Waals surface area contributed by atoms with Gasteiger partial charge in [0.15, 0.2) is 0 Å².